The van der Waals surface area contributed by atoms with Gasteiger partial charge in [0.2, 0.25) is 0 Å². The van der Waals surface area contributed by atoms with Crippen LogP contribution in [0.4, 0.5) is 17.1 Å². The summed E-state index contributed by atoms with van der Waals surface area (Å²) in [6, 6.07) is 66.6. The lowest BCUT2D eigenvalue weighted by Crippen LogP contribution is -2.20. The summed E-state index contributed by atoms with van der Waals surface area (Å²) in [5, 5.41) is 5.02. The van der Waals surface area contributed by atoms with Crippen molar-refractivity contribution in [3.8, 4) is 27.9 Å². The highest BCUT2D eigenvalue weighted by molar-refractivity contribution is 6.10. The van der Waals surface area contributed by atoms with Gasteiger partial charge in [-0.25, -0.2) is 0 Å². The molecule has 9 aromatic rings. The van der Waals surface area contributed by atoms with Gasteiger partial charge in [-0.2, -0.15) is 0 Å². The molecule has 8 aromatic carbocycles. The fourth-order valence-electron chi connectivity index (χ4n) is 8.65. The number of fused-ring (bicyclic) bond motifs is 7. The summed E-state index contributed by atoms with van der Waals surface area (Å²) in [7, 11) is 0. The van der Waals surface area contributed by atoms with Gasteiger partial charge in [0.05, 0.1) is 16.7 Å². The Morgan fingerprint density at radius 1 is 0.451 bits per heavy atom. The molecule has 0 aliphatic heterocycles. The normalized spacial score (nSPS) is 13.1. The van der Waals surface area contributed by atoms with Crippen LogP contribution in [-0.2, 0) is 5.41 Å². The number of hydrogen-bond acceptors (Lipinski definition) is 1. The maximum absolute atomic E-state index is 2.48. The molecule has 1 aromatic heterocycles. The Hall–Kier alpha value is -6.38. The van der Waals surface area contributed by atoms with Crippen molar-refractivity contribution in [1.29, 1.82) is 0 Å². The molecule has 0 N–H and O–H groups in total. The first kappa shape index (κ1) is 29.5. The Labute approximate surface area is 298 Å². The summed E-state index contributed by atoms with van der Waals surface area (Å²) < 4.78 is 2.41. The number of hydrogen-bond donors (Lipinski definition) is 0. The number of benzene rings is 8. The summed E-state index contributed by atoms with van der Waals surface area (Å²) in [6.07, 6.45) is 0. The quantitative estimate of drug-likeness (QED) is 0.180. The van der Waals surface area contributed by atoms with Gasteiger partial charge in [0.1, 0.15) is 0 Å². The van der Waals surface area contributed by atoms with Gasteiger partial charge in [0.15, 0.2) is 0 Å². The zero-order valence-electron chi connectivity index (χ0n) is 28.7. The number of aromatic nitrogens is 1. The van der Waals surface area contributed by atoms with Gasteiger partial charge in [-0.15, -0.1) is 0 Å². The van der Waals surface area contributed by atoms with E-state index in [2.05, 4.69) is 205 Å². The lowest BCUT2D eigenvalue weighted by molar-refractivity contribution is 0.661. The third-order valence-corrected chi connectivity index (χ3v) is 11.0. The van der Waals surface area contributed by atoms with E-state index in [-0.39, 0.29) is 5.41 Å². The van der Waals surface area contributed by atoms with Crippen molar-refractivity contribution in [3.63, 3.8) is 0 Å². The van der Waals surface area contributed by atoms with Gasteiger partial charge >= 0.3 is 0 Å². The molecule has 2 nitrogen and oxygen atoms in total. The zero-order valence-corrected chi connectivity index (χ0v) is 28.7. The fourth-order valence-corrected chi connectivity index (χ4v) is 8.65. The second-order valence-electron chi connectivity index (χ2n) is 14.2. The number of para-hydroxylation sites is 2. The van der Waals surface area contributed by atoms with E-state index in [1.807, 2.05) is 0 Å². The SMILES string of the molecule is CC1(C)c2ccccc2-c2cccc(N(c3ccc(-c4cccc5ccccc45)cc3)c3ccc4c5ccccc5n(-c5ccccc5)c4c3)c21. The van der Waals surface area contributed by atoms with Crippen LogP contribution in [0.2, 0.25) is 0 Å². The Bertz CT molecular complexity index is 2760. The molecular weight excluding hydrogens is 617 g/mol. The summed E-state index contributed by atoms with van der Waals surface area (Å²) in [5.41, 5.74) is 14.7. The number of rotatable bonds is 5. The van der Waals surface area contributed by atoms with Crippen LogP contribution in [0.15, 0.2) is 182 Å². The molecule has 242 valence electrons. The summed E-state index contributed by atoms with van der Waals surface area (Å²) >= 11 is 0. The molecule has 2 heteroatoms. The largest absolute Gasteiger partial charge is 0.310 e. The van der Waals surface area contributed by atoms with E-state index < -0.39 is 0 Å². The summed E-state index contributed by atoms with van der Waals surface area (Å²) in [4.78, 5) is 2.48. The monoisotopic (exact) mass is 652 g/mol. The molecule has 10 rings (SSSR count). The van der Waals surface area contributed by atoms with Crippen molar-refractivity contribution < 1.29 is 0 Å². The Morgan fingerprint density at radius 2 is 1.08 bits per heavy atom. The summed E-state index contributed by atoms with van der Waals surface area (Å²) in [6.45, 7) is 4.75. The molecule has 0 bridgehead atoms. The average molecular weight is 653 g/mol. The highest BCUT2D eigenvalue weighted by atomic mass is 15.1. The smallest absolute Gasteiger partial charge is 0.0561 e. The summed E-state index contributed by atoms with van der Waals surface area (Å²) in [5.74, 6) is 0. The third kappa shape index (κ3) is 4.50. The highest BCUT2D eigenvalue weighted by Gasteiger charge is 2.38. The van der Waals surface area contributed by atoms with Gasteiger partial charge in [-0.3, -0.25) is 0 Å². The van der Waals surface area contributed by atoms with Crippen molar-refractivity contribution in [3.05, 3.63) is 193 Å². The molecule has 0 fully saturated rings. The first-order valence-corrected chi connectivity index (χ1v) is 17.8. The van der Waals surface area contributed by atoms with E-state index in [4.69, 9.17) is 0 Å². The lowest BCUT2D eigenvalue weighted by atomic mass is 9.81. The molecular formula is C49H36N2. The number of anilines is 3. The first-order chi connectivity index (χ1) is 25.1. The molecule has 1 heterocycles. The van der Waals surface area contributed by atoms with E-state index in [1.54, 1.807) is 0 Å². The van der Waals surface area contributed by atoms with Crippen molar-refractivity contribution in [1.82, 2.24) is 4.57 Å². The van der Waals surface area contributed by atoms with Crippen LogP contribution in [-0.4, -0.2) is 4.57 Å². The molecule has 51 heavy (non-hydrogen) atoms. The van der Waals surface area contributed by atoms with E-state index in [0.717, 1.165) is 17.1 Å². The predicted octanol–water partition coefficient (Wildman–Crippen LogP) is 13.4. The highest BCUT2D eigenvalue weighted by Crippen LogP contribution is 2.54. The molecule has 1 aliphatic rings. The topological polar surface area (TPSA) is 8.17 Å². The van der Waals surface area contributed by atoms with E-state index in [9.17, 15) is 0 Å². The van der Waals surface area contributed by atoms with E-state index in [1.165, 1.54) is 71.6 Å². The van der Waals surface area contributed by atoms with Crippen LogP contribution >= 0.6 is 0 Å². The molecule has 0 spiro atoms. The Kier molecular flexibility index (Phi) is 6.56. The molecule has 0 saturated carbocycles. The predicted molar refractivity (Wildman–Crippen MR) is 216 cm³/mol. The van der Waals surface area contributed by atoms with Crippen molar-refractivity contribution in [2.45, 2.75) is 19.3 Å². The standard InChI is InChI=1S/C49H36N2/c1-49(2)44-23-10-8-19-40(44)43-22-13-25-46(48(43)49)50(36-28-26-34(27-29-36)39-21-12-15-33-14-6-7-18-38(33)39)37-30-31-42-41-20-9-11-24-45(41)51(47(42)32-37)35-16-4-3-5-17-35/h3-32H,1-2H3. The minimum absolute atomic E-state index is 0.174. The Morgan fingerprint density at radius 3 is 1.94 bits per heavy atom. The minimum atomic E-state index is -0.174. The van der Waals surface area contributed by atoms with E-state index >= 15 is 0 Å². The van der Waals surface area contributed by atoms with Crippen LogP contribution in [0.3, 0.4) is 0 Å². The van der Waals surface area contributed by atoms with Crippen molar-refractivity contribution >= 4 is 49.6 Å². The van der Waals surface area contributed by atoms with Gasteiger partial charge in [0, 0.05) is 33.2 Å². The zero-order chi connectivity index (χ0) is 34.1. The van der Waals surface area contributed by atoms with Gasteiger partial charge in [-0.05, 0) is 92.7 Å². The molecule has 0 atom stereocenters. The lowest BCUT2D eigenvalue weighted by Gasteiger charge is -2.32. The first-order valence-electron chi connectivity index (χ1n) is 17.8. The van der Waals surface area contributed by atoms with Crippen LogP contribution in [0, 0.1) is 0 Å². The van der Waals surface area contributed by atoms with Crippen molar-refractivity contribution in [2.24, 2.45) is 0 Å². The number of nitrogens with zero attached hydrogens (tertiary/aromatic N) is 2. The van der Waals surface area contributed by atoms with Gasteiger partial charge in [0.25, 0.3) is 0 Å². The molecule has 0 unspecified atom stereocenters. The van der Waals surface area contributed by atoms with Crippen LogP contribution in [0.1, 0.15) is 25.0 Å². The fraction of sp³-hybridized carbons (Fsp3) is 0.0612. The molecule has 1 aliphatic carbocycles. The average Bonchev–Trinajstić information content (AvgIpc) is 3.64. The maximum atomic E-state index is 2.48. The van der Waals surface area contributed by atoms with Crippen LogP contribution < -0.4 is 4.90 Å². The third-order valence-electron chi connectivity index (χ3n) is 11.0. The second-order valence-corrected chi connectivity index (χ2v) is 14.2. The van der Waals surface area contributed by atoms with Crippen LogP contribution in [0.5, 0.6) is 0 Å². The molecule has 0 radical (unpaired) electrons. The molecule has 0 saturated heterocycles. The van der Waals surface area contributed by atoms with Gasteiger partial charge in [-0.1, -0.05) is 147 Å². The minimum Gasteiger partial charge on any atom is -0.310 e. The van der Waals surface area contributed by atoms with Gasteiger partial charge < -0.3 is 9.47 Å². The van der Waals surface area contributed by atoms with E-state index in [0.29, 0.717) is 0 Å². The second kappa shape index (κ2) is 11.3. The Balaban J connectivity index is 1.22. The maximum Gasteiger partial charge on any atom is 0.0561 e. The van der Waals surface area contributed by atoms with Crippen molar-refractivity contribution in [2.75, 3.05) is 4.90 Å². The van der Waals surface area contributed by atoms with Crippen LogP contribution in [0.25, 0.3) is 60.5 Å². The molecule has 0 amide bonds.